The number of benzene rings is 2. The van der Waals surface area contributed by atoms with E-state index in [0.29, 0.717) is 17.3 Å². The van der Waals surface area contributed by atoms with Crippen molar-refractivity contribution in [3.8, 4) is 11.5 Å². The first-order valence-electron chi connectivity index (χ1n) is 7.40. The number of aromatic nitrogens is 2. The van der Waals surface area contributed by atoms with Crippen molar-refractivity contribution in [3.05, 3.63) is 66.7 Å². The van der Waals surface area contributed by atoms with Crippen LogP contribution in [0.3, 0.4) is 0 Å². The maximum atomic E-state index is 11.2. The molecule has 0 atom stereocenters. The number of anilines is 3. The van der Waals surface area contributed by atoms with Gasteiger partial charge in [-0.2, -0.15) is 0 Å². The highest BCUT2D eigenvalue weighted by molar-refractivity contribution is 7.92. The molecule has 8 heteroatoms. The van der Waals surface area contributed by atoms with Crippen molar-refractivity contribution in [1.82, 2.24) is 10.2 Å². The van der Waals surface area contributed by atoms with Gasteiger partial charge in [0.2, 0.25) is 10.0 Å². The molecule has 2 aromatic carbocycles. The average Bonchev–Trinajstić information content (AvgIpc) is 2.58. The van der Waals surface area contributed by atoms with Gasteiger partial charge in [0.05, 0.1) is 11.9 Å². The second-order valence-corrected chi connectivity index (χ2v) is 6.96. The van der Waals surface area contributed by atoms with Gasteiger partial charge in [0.15, 0.2) is 17.4 Å². The SMILES string of the molecule is CS(=O)(=O)Nc1ccc(Nc2ccccc2Oc2ccccc2)nn1. The number of sulfonamides is 1. The van der Waals surface area contributed by atoms with Crippen LogP contribution in [-0.4, -0.2) is 24.9 Å². The normalized spacial score (nSPS) is 10.9. The van der Waals surface area contributed by atoms with E-state index in [4.69, 9.17) is 4.74 Å². The van der Waals surface area contributed by atoms with Gasteiger partial charge in [-0.25, -0.2) is 8.42 Å². The van der Waals surface area contributed by atoms with Gasteiger partial charge >= 0.3 is 0 Å². The van der Waals surface area contributed by atoms with Gasteiger partial charge in [-0.3, -0.25) is 4.72 Å². The van der Waals surface area contributed by atoms with E-state index in [1.165, 1.54) is 6.07 Å². The number of hydrogen-bond donors (Lipinski definition) is 2. The molecule has 0 spiro atoms. The second kappa shape index (κ2) is 7.18. The Balaban J connectivity index is 1.77. The molecule has 0 aliphatic carbocycles. The van der Waals surface area contributed by atoms with Crippen LogP contribution in [0.4, 0.5) is 17.3 Å². The summed E-state index contributed by atoms with van der Waals surface area (Å²) in [7, 11) is -3.38. The van der Waals surface area contributed by atoms with Crippen molar-refractivity contribution in [2.24, 2.45) is 0 Å². The first kappa shape index (κ1) is 16.7. The van der Waals surface area contributed by atoms with Crippen molar-refractivity contribution in [2.75, 3.05) is 16.3 Å². The van der Waals surface area contributed by atoms with E-state index in [2.05, 4.69) is 20.2 Å². The molecule has 7 nitrogen and oxygen atoms in total. The number of ether oxygens (including phenoxy) is 1. The summed E-state index contributed by atoms with van der Waals surface area (Å²) in [6, 6.07) is 20.0. The van der Waals surface area contributed by atoms with Crippen LogP contribution in [0, 0.1) is 0 Å². The third-order valence-electron chi connectivity index (χ3n) is 3.08. The van der Waals surface area contributed by atoms with Crippen LogP contribution >= 0.6 is 0 Å². The van der Waals surface area contributed by atoms with Gasteiger partial charge in [0.1, 0.15) is 5.75 Å². The van der Waals surface area contributed by atoms with Crippen molar-refractivity contribution < 1.29 is 13.2 Å². The number of hydrogen-bond acceptors (Lipinski definition) is 6. The van der Waals surface area contributed by atoms with Crippen LogP contribution in [0.1, 0.15) is 0 Å². The molecule has 0 aliphatic heterocycles. The molecule has 3 rings (SSSR count). The summed E-state index contributed by atoms with van der Waals surface area (Å²) in [5, 5.41) is 10.9. The van der Waals surface area contributed by atoms with Gasteiger partial charge in [-0.15, -0.1) is 10.2 Å². The molecule has 0 saturated heterocycles. The van der Waals surface area contributed by atoms with Crippen LogP contribution in [0.2, 0.25) is 0 Å². The Morgan fingerprint density at radius 3 is 2.16 bits per heavy atom. The Bertz CT molecular complexity index is 945. The Morgan fingerprint density at radius 1 is 0.840 bits per heavy atom. The summed E-state index contributed by atoms with van der Waals surface area (Å²) in [5.74, 6) is 1.97. The zero-order valence-electron chi connectivity index (χ0n) is 13.4. The van der Waals surface area contributed by atoms with Gasteiger partial charge < -0.3 is 10.1 Å². The van der Waals surface area contributed by atoms with E-state index in [1.807, 2.05) is 54.6 Å². The van der Waals surface area contributed by atoms with Crippen LogP contribution in [0.25, 0.3) is 0 Å². The number of rotatable bonds is 6. The van der Waals surface area contributed by atoms with E-state index >= 15 is 0 Å². The number of nitrogens with zero attached hydrogens (tertiary/aromatic N) is 2. The predicted octanol–water partition coefficient (Wildman–Crippen LogP) is 3.38. The maximum Gasteiger partial charge on any atom is 0.231 e. The fourth-order valence-electron chi connectivity index (χ4n) is 2.06. The third kappa shape index (κ3) is 4.92. The molecular formula is C17H16N4O3S. The molecule has 1 aromatic heterocycles. The lowest BCUT2D eigenvalue weighted by Crippen LogP contribution is -2.11. The third-order valence-corrected chi connectivity index (χ3v) is 3.66. The van der Waals surface area contributed by atoms with E-state index < -0.39 is 10.0 Å². The highest BCUT2D eigenvalue weighted by atomic mass is 32.2. The van der Waals surface area contributed by atoms with Gasteiger partial charge in [0, 0.05) is 0 Å². The first-order valence-corrected chi connectivity index (χ1v) is 9.29. The Hall–Kier alpha value is -3.13. The molecule has 0 saturated carbocycles. The van der Waals surface area contributed by atoms with Crippen LogP contribution in [0.15, 0.2) is 66.7 Å². The molecule has 25 heavy (non-hydrogen) atoms. The minimum absolute atomic E-state index is 0.155. The lowest BCUT2D eigenvalue weighted by molar-refractivity contribution is 0.485. The molecular weight excluding hydrogens is 340 g/mol. The lowest BCUT2D eigenvalue weighted by atomic mass is 10.3. The standard InChI is InChI=1S/C17H16N4O3S/c1-25(22,23)21-17-12-11-16(19-20-17)18-14-9-5-6-10-15(14)24-13-7-3-2-4-8-13/h2-12H,1H3,(H,18,19)(H,20,21). The summed E-state index contributed by atoms with van der Waals surface area (Å²) in [4.78, 5) is 0. The fourth-order valence-corrected chi connectivity index (χ4v) is 2.54. The van der Waals surface area contributed by atoms with Gasteiger partial charge in [0.25, 0.3) is 0 Å². The average molecular weight is 356 g/mol. The minimum Gasteiger partial charge on any atom is -0.455 e. The minimum atomic E-state index is -3.38. The first-order chi connectivity index (χ1) is 12.0. The Kier molecular flexibility index (Phi) is 4.80. The van der Waals surface area contributed by atoms with Gasteiger partial charge in [-0.05, 0) is 36.4 Å². The molecule has 1 heterocycles. The predicted molar refractivity (Wildman–Crippen MR) is 96.7 cm³/mol. The zero-order valence-corrected chi connectivity index (χ0v) is 14.2. The highest BCUT2D eigenvalue weighted by Crippen LogP contribution is 2.30. The second-order valence-electron chi connectivity index (χ2n) is 5.21. The molecule has 0 amide bonds. The van der Waals surface area contributed by atoms with Gasteiger partial charge in [-0.1, -0.05) is 30.3 Å². The van der Waals surface area contributed by atoms with Crippen LogP contribution in [0.5, 0.6) is 11.5 Å². The van der Waals surface area contributed by atoms with Crippen molar-refractivity contribution >= 4 is 27.3 Å². The molecule has 3 aromatic rings. The highest BCUT2D eigenvalue weighted by Gasteiger charge is 2.07. The van der Waals surface area contributed by atoms with E-state index in [1.54, 1.807) is 6.07 Å². The Labute approximate surface area is 145 Å². The topological polar surface area (TPSA) is 93.2 Å². The molecule has 128 valence electrons. The molecule has 0 bridgehead atoms. The van der Waals surface area contributed by atoms with E-state index in [9.17, 15) is 8.42 Å². The summed E-state index contributed by atoms with van der Waals surface area (Å²) in [6.45, 7) is 0. The molecule has 0 aliphatic rings. The molecule has 0 radical (unpaired) electrons. The maximum absolute atomic E-state index is 11.2. The zero-order chi connectivity index (χ0) is 17.7. The quantitative estimate of drug-likeness (QED) is 0.703. The smallest absolute Gasteiger partial charge is 0.231 e. The van der Waals surface area contributed by atoms with E-state index in [-0.39, 0.29) is 5.82 Å². The summed E-state index contributed by atoms with van der Waals surface area (Å²) in [5.41, 5.74) is 0.712. The van der Waals surface area contributed by atoms with Crippen LogP contribution in [-0.2, 0) is 10.0 Å². The fraction of sp³-hybridized carbons (Fsp3) is 0.0588. The Morgan fingerprint density at radius 2 is 1.48 bits per heavy atom. The van der Waals surface area contributed by atoms with Crippen molar-refractivity contribution in [3.63, 3.8) is 0 Å². The van der Waals surface area contributed by atoms with Crippen molar-refractivity contribution in [1.29, 1.82) is 0 Å². The van der Waals surface area contributed by atoms with Crippen molar-refractivity contribution in [2.45, 2.75) is 0 Å². The number of nitrogens with one attached hydrogen (secondary N) is 2. The van der Waals surface area contributed by atoms with Crippen LogP contribution < -0.4 is 14.8 Å². The monoisotopic (exact) mass is 356 g/mol. The largest absolute Gasteiger partial charge is 0.455 e. The van der Waals surface area contributed by atoms with E-state index in [0.717, 1.165) is 12.0 Å². The summed E-state index contributed by atoms with van der Waals surface area (Å²) in [6.07, 6.45) is 1.05. The molecule has 0 unspecified atom stereocenters. The summed E-state index contributed by atoms with van der Waals surface area (Å²) < 4.78 is 30.5. The lowest BCUT2D eigenvalue weighted by Gasteiger charge is -2.12. The molecule has 0 fully saturated rings. The number of para-hydroxylation sites is 3. The molecule has 2 N–H and O–H groups in total. The summed E-state index contributed by atoms with van der Waals surface area (Å²) >= 11 is 0.